The van der Waals surface area contributed by atoms with E-state index in [9.17, 15) is 0 Å². The van der Waals surface area contributed by atoms with Crippen LogP contribution in [-0.2, 0) is 6.54 Å². The first-order valence-electron chi connectivity index (χ1n) is 6.32. The fourth-order valence-corrected chi connectivity index (χ4v) is 2.43. The molecule has 1 aliphatic heterocycles. The molecule has 1 fully saturated rings. The smallest absolute Gasteiger partial charge is 0.225 e. The summed E-state index contributed by atoms with van der Waals surface area (Å²) in [7, 11) is 0. The highest BCUT2D eigenvalue weighted by Gasteiger charge is 2.25. The third-order valence-electron chi connectivity index (χ3n) is 3.48. The molecule has 0 radical (unpaired) electrons. The lowest BCUT2D eigenvalue weighted by molar-refractivity contribution is 0.142. The Morgan fingerprint density at radius 1 is 1.22 bits per heavy atom. The molecule has 1 aliphatic rings. The summed E-state index contributed by atoms with van der Waals surface area (Å²) in [5.74, 6) is 1.53. The highest BCUT2D eigenvalue weighted by Crippen LogP contribution is 2.19. The van der Waals surface area contributed by atoms with Gasteiger partial charge < -0.3 is 17.2 Å². The predicted molar refractivity (Wildman–Crippen MR) is 70.3 cm³/mol. The van der Waals surface area contributed by atoms with Crippen LogP contribution in [0, 0.1) is 5.92 Å². The van der Waals surface area contributed by atoms with Crippen molar-refractivity contribution in [2.45, 2.75) is 32.4 Å². The molecule has 0 amide bonds. The molecular formula is C11H21N7. The molecule has 0 aliphatic carbocycles. The maximum Gasteiger partial charge on any atom is 0.225 e. The fraction of sp³-hybridized carbons (Fsp3) is 0.727. The quantitative estimate of drug-likeness (QED) is 0.668. The summed E-state index contributed by atoms with van der Waals surface area (Å²) >= 11 is 0. The second kappa shape index (κ2) is 5.45. The number of nitrogen functional groups attached to an aromatic ring is 2. The van der Waals surface area contributed by atoms with Crippen LogP contribution < -0.4 is 17.2 Å². The topological polar surface area (TPSA) is 120 Å². The normalized spacial score (nSPS) is 25.2. The van der Waals surface area contributed by atoms with Gasteiger partial charge in [0.2, 0.25) is 11.9 Å². The van der Waals surface area contributed by atoms with Gasteiger partial charge in [-0.15, -0.1) is 0 Å². The summed E-state index contributed by atoms with van der Waals surface area (Å²) in [5, 5.41) is 0. The molecule has 0 saturated carbocycles. The van der Waals surface area contributed by atoms with E-state index < -0.39 is 0 Å². The summed E-state index contributed by atoms with van der Waals surface area (Å²) in [4.78, 5) is 14.3. The monoisotopic (exact) mass is 251 g/mol. The van der Waals surface area contributed by atoms with Crippen LogP contribution in [-0.4, -0.2) is 39.0 Å². The van der Waals surface area contributed by atoms with Gasteiger partial charge in [-0.25, -0.2) is 0 Å². The van der Waals surface area contributed by atoms with Crippen LogP contribution in [0.25, 0.3) is 0 Å². The van der Waals surface area contributed by atoms with Gasteiger partial charge in [-0.2, -0.15) is 15.0 Å². The molecule has 1 aromatic rings. The number of anilines is 2. The van der Waals surface area contributed by atoms with Gasteiger partial charge in [0.1, 0.15) is 5.82 Å². The average Bonchev–Trinajstić information content (AvgIpc) is 2.30. The number of aromatic nitrogens is 3. The SMILES string of the molecule is CCC1CN(Cc2nc(N)nc(N)n2)CCC1N. The molecule has 18 heavy (non-hydrogen) atoms. The summed E-state index contributed by atoms with van der Waals surface area (Å²) in [6.07, 6.45) is 2.10. The van der Waals surface area contributed by atoms with Gasteiger partial charge in [0.05, 0.1) is 6.54 Å². The van der Waals surface area contributed by atoms with Crippen molar-refractivity contribution in [1.82, 2.24) is 19.9 Å². The van der Waals surface area contributed by atoms with Gasteiger partial charge in [0.15, 0.2) is 0 Å². The molecule has 2 heterocycles. The Kier molecular flexibility index (Phi) is 3.93. The van der Waals surface area contributed by atoms with Gasteiger partial charge >= 0.3 is 0 Å². The van der Waals surface area contributed by atoms with Crippen molar-refractivity contribution in [2.24, 2.45) is 11.7 Å². The third kappa shape index (κ3) is 3.05. The summed E-state index contributed by atoms with van der Waals surface area (Å²) in [6, 6.07) is 0.305. The van der Waals surface area contributed by atoms with E-state index >= 15 is 0 Å². The van der Waals surface area contributed by atoms with Gasteiger partial charge in [-0.05, 0) is 12.3 Å². The lowest BCUT2D eigenvalue weighted by atomic mass is 9.91. The molecule has 6 N–H and O–H groups in total. The van der Waals surface area contributed by atoms with Crippen molar-refractivity contribution in [3.05, 3.63) is 5.82 Å². The van der Waals surface area contributed by atoms with Gasteiger partial charge in [0, 0.05) is 19.1 Å². The van der Waals surface area contributed by atoms with E-state index in [2.05, 4.69) is 26.8 Å². The Labute approximate surface area is 107 Å². The molecule has 1 saturated heterocycles. The fourth-order valence-electron chi connectivity index (χ4n) is 2.43. The molecule has 0 spiro atoms. The van der Waals surface area contributed by atoms with E-state index in [1.807, 2.05) is 0 Å². The zero-order chi connectivity index (χ0) is 13.1. The summed E-state index contributed by atoms with van der Waals surface area (Å²) < 4.78 is 0. The van der Waals surface area contributed by atoms with Crippen LogP contribution in [0.5, 0.6) is 0 Å². The lowest BCUT2D eigenvalue weighted by Gasteiger charge is -2.36. The van der Waals surface area contributed by atoms with Crippen LogP contribution in [0.2, 0.25) is 0 Å². The van der Waals surface area contributed by atoms with E-state index in [0.717, 1.165) is 25.9 Å². The lowest BCUT2D eigenvalue weighted by Crippen LogP contribution is -2.46. The number of nitrogens with two attached hydrogens (primary N) is 3. The first-order chi connectivity index (χ1) is 8.58. The van der Waals surface area contributed by atoms with Crippen molar-refractivity contribution in [1.29, 1.82) is 0 Å². The first kappa shape index (κ1) is 13.0. The van der Waals surface area contributed by atoms with E-state index in [0.29, 0.717) is 24.3 Å². The minimum atomic E-state index is 0.179. The van der Waals surface area contributed by atoms with Crippen LogP contribution in [0.1, 0.15) is 25.6 Å². The molecule has 2 atom stereocenters. The van der Waals surface area contributed by atoms with Crippen LogP contribution >= 0.6 is 0 Å². The van der Waals surface area contributed by atoms with Crippen molar-refractivity contribution >= 4 is 11.9 Å². The molecule has 7 heteroatoms. The number of likely N-dealkylation sites (tertiary alicyclic amines) is 1. The first-order valence-corrected chi connectivity index (χ1v) is 6.32. The number of rotatable bonds is 3. The second-order valence-corrected chi connectivity index (χ2v) is 4.82. The third-order valence-corrected chi connectivity index (χ3v) is 3.48. The second-order valence-electron chi connectivity index (χ2n) is 4.82. The maximum atomic E-state index is 6.09. The molecule has 100 valence electrons. The van der Waals surface area contributed by atoms with Crippen LogP contribution in [0.3, 0.4) is 0 Å². The number of piperidine rings is 1. The minimum absolute atomic E-state index is 0.179. The summed E-state index contributed by atoms with van der Waals surface area (Å²) in [5.41, 5.74) is 17.2. The largest absolute Gasteiger partial charge is 0.368 e. The Morgan fingerprint density at radius 2 is 1.89 bits per heavy atom. The van der Waals surface area contributed by atoms with Crippen LogP contribution in [0.4, 0.5) is 11.9 Å². The molecule has 2 unspecified atom stereocenters. The molecule has 7 nitrogen and oxygen atoms in total. The summed E-state index contributed by atoms with van der Waals surface area (Å²) in [6.45, 7) is 4.76. The van der Waals surface area contributed by atoms with E-state index in [-0.39, 0.29) is 11.9 Å². The van der Waals surface area contributed by atoms with E-state index in [1.54, 1.807) is 0 Å². The minimum Gasteiger partial charge on any atom is -0.368 e. The maximum absolute atomic E-state index is 6.09. The molecule has 2 rings (SSSR count). The van der Waals surface area contributed by atoms with Gasteiger partial charge in [-0.3, -0.25) is 4.90 Å². The molecule has 0 bridgehead atoms. The number of hydrogen-bond donors (Lipinski definition) is 3. The van der Waals surface area contributed by atoms with Crippen LogP contribution in [0.15, 0.2) is 0 Å². The highest BCUT2D eigenvalue weighted by molar-refractivity contribution is 5.25. The Hall–Kier alpha value is -1.47. The highest BCUT2D eigenvalue weighted by atomic mass is 15.2. The van der Waals surface area contributed by atoms with E-state index in [1.165, 1.54) is 0 Å². The standard InChI is InChI=1S/C11H21N7/c1-2-7-5-18(4-3-8(7)12)6-9-15-10(13)17-11(14)16-9/h7-8H,2-6,12H2,1H3,(H4,13,14,15,16,17). The predicted octanol–water partition coefficient (Wildman–Crippen LogP) is -0.405. The van der Waals surface area contributed by atoms with Crippen molar-refractivity contribution < 1.29 is 0 Å². The Bertz CT molecular complexity index is 388. The molecule has 0 aromatic carbocycles. The van der Waals surface area contributed by atoms with Crippen molar-refractivity contribution in [3.63, 3.8) is 0 Å². The zero-order valence-corrected chi connectivity index (χ0v) is 10.7. The van der Waals surface area contributed by atoms with Crippen molar-refractivity contribution in [3.8, 4) is 0 Å². The molecular weight excluding hydrogens is 230 g/mol. The Morgan fingerprint density at radius 3 is 2.50 bits per heavy atom. The molecule has 1 aromatic heterocycles. The van der Waals surface area contributed by atoms with Gasteiger partial charge in [0.25, 0.3) is 0 Å². The average molecular weight is 251 g/mol. The Balaban J connectivity index is 2.01. The number of hydrogen-bond acceptors (Lipinski definition) is 7. The van der Waals surface area contributed by atoms with Crippen molar-refractivity contribution in [2.75, 3.05) is 24.6 Å². The van der Waals surface area contributed by atoms with Gasteiger partial charge in [-0.1, -0.05) is 13.3 Å². The van der Waals surface area contributed by atoms with E-state index in [4.69, 9.17) is 17.2 Å². The zero-order valence-electron chi connectivity index (χ0n) is 10.7. The number of nitrogens with zero attached hydrogens (tertiary/aromatic N) is 4.